The molecule has 5 heteroatoms. The zero-order valence-corrected chi connectivity index (χ0v) is 15.1. The van der Waals surface area contributed by atoms with Gasteiger partial charge in [0.05, 0.1) is 0 Å². The van der Waals surface area contributed by atoms with Gasteiger partial charge in [-0.05, 0) is 56.5 Å². The number of halogens is 1. The molecule has 1 aliphatic rings. The molecule has 0 bridgehead atoms. The van der Waals surface area contributed by atoms with E-state index in [4.69, 9.17) is 0 Å². The summed E-state index contributed by atoms with van der Waals surface area (Å²) in [6.45, 7) is 4.91. The summed E-state index contributed by atoms with van der Waals surface area (Å²) in [6, 6.07) is 6.04. The smallest absolute Gasteiger partial charge is 0.220 e. The molecule has 1 amide bonds. The molecule has 1 aromatic rings. The van der Waals surface area contributed by atoms with Crippen LogP contribution in [0.15, 0.2) is 24.3 Å². The number of benzene rings is 1. The summed E-state index contributed by atoms with van der Waals surface area (Å²) < 4.78 is 12.9. The summed E-state index contributed by atoms with van der Waals surface area (Å²) >= 11 is 0. The van der Waals surface area contributed by atoms with Gasteiger partial charge in [0.2, 0.25) is 5.91 Å². The molecule has 0 spiro atoms. The molecule has 4 nitrogen and oxygen atoms in total. The number of ketones is 1. The lowest BCUT2D eigenvalue weighted by molar-refractivity contribution is -0.122. The minimum atomic E-state index is -0.318. The van der Waals surface area contributed by atoms with Gasteiger partial charge < -0.3 is 10.2 Å². The zero-order chi connectivity index (χ0) is 18.1. The Bertz CT molecular complexity index is 551. The van der Waals surface area contributed by atoms with Crippen molar-refractivity contribution in [2.45, 2.75) is 57.9 Å². The third kappa shape index (κ3) is 6.94. The van der Waals surface area contributed by atoms with Crippen molar-refractivity contribution in [2.24, 2.45) is 0 Å². The van der Waals surface area contributed by atoms with E-state index in [1.807, 2.05) is 0 Å². The SMILES string of the molecule is CCCCC(=O)NC1CCN(CCCC(=O)c2ccc(F)cc2)CC1. The summed E-state index contributed by atoms with van der Waals surface area (Å²) in [6.07, 6.45) is 5.87. The Morgan fingerprint density at radius 1 is 1.12 bits per heavy atom. The van der Waals surface area contributed by atoms with Gasteiger partial charge in [-0.3, -0.25) is 9.59 Å². The fourth-order valence-electron chi connectivity index (χ4n) is 3.18. The monoisotopic (exact) mass is 348 g/mol. The van der Waals surface area contributed by atoms with Gasteiger partial charge in [-0.1, -0.05) is 13.3 Å². The van der Waals surface area contributed by atoms with Gasteiger partial charge >= 0.3 is 0 Å². The molecule has 1 aliphatic heterocycles. The van der Waals surface area contributed by atoms with E-state index in [9.17, 15) is 14.0 Å². The standard InChI is InChI=1S/C20H29FN2O2/c1-2-3-6-20(25)22-18-11-14-23(15-12-18)13-4-5-19(24)16-7-9-17(21)10-8-16/h7-10,18H,2-6,11-15H2,1H3,(H,22,25). The molecule has 1 fully saturated rings. The summed E-state index contributed by atoms with van der Waals surface area (Å²) in [7, 11) is 0. The maximum absolute atomic E-state index is 12.9. The first-order valence-corrected chi connectivity index (χ1v) is 9.39. The predicted molar refractivity (Wildman–Crippen MR) is 97.1 cm³/mol. The average Bonchev–Trinajstić information content (AvgIpc) is 2.62. The third-order valence-electron chi connectivity index (χ3n) is 4.75. The van der Waals surface area contributed by atoms with E-state index in [1.165, 1.54) is 12.1 Å². The zero-order valence-electron chi connectivity index (χ0n) is 15.1. The van der Waals surface area contributed by atoms with Crippen LogP contribution in [0, 0.1) is 5.82 Å². The lowest BCUT2D eigenvalue weighted by Crippen LogP contribution is -2.44. The Balaban J connectivity index is 1.61. The van der Waals surface area contributed by atoms with Crippen molar-refractivity contribution >= 4 is 11.7 Å². The highest BCUT2D eigenvalue weighted by Crippen LogP contribution is 2.13. The van der Waals surface area contributed by atoms with E-state index < -0.39 is 0 Å². The highest BCUT2D eigenvalue weighted by atomic mass is 19.1. The quantitative estimate of drug-likeness (QED) is 0.694. The second-order valence-electron chi connectivity index (χ2n) is 6.82. The van der Waals surface area contributed by atoms with Gasteiger partial charge in [0.15, 0.2) is 5.78 Å². The topological polar surface area (TPSA) is 49.4 Å². The van der Waals surface area contributed by atoms with Crippen LogP contribution >= 0.6 is 0 Å². The molecule has 0 aromatic heterocycles. The molecule has 0 unspecified atom stereocenters. The molecule has 2 rings (SSSR count). The van der Waals surface area contributed by atoms with E-state index in [0.29, 0.717) is 24.4 Å². The van der Waals surface area contributed by atoms with Crippen LogP contribution in [0.4, 0.5) is 4.39 Å². The van der Waals surface area contributed by atoms with Gasteiger partial charge in [-0.15, -0.1) is 0 Å². The number of hydrogen-bond donors (Lipinski definition) is 1. The number of likely N-dealkylation sites (tertiary alicyclic amines) is 1. The van der Waals surface area contributed by atoms with Crippen LogP contribution in [-0.4, -0.2) is 42.3 Å². The van der Waals surface area contributed by atoms with Gasteiger partial charge in [0, 0.05) is 37.5 Å². The van der Waals surface area contributed by atoms with E-state index in [-0.39, 0.29) is 17.5 Å². The van der Waals surface area contributed by atoms with Gasteiger partial charge in [-0.2, -0.15) is 0 Å². The van der Waals surface area contributed by atoms with Crippen LogP contribution in [0.3, 0.4) is 0 Å². The van der Waals surface area contributed by atoms with Crippen LogP contribution in [0.25, 0.3) is 0 Å². The van der Waals surface area contributed by atoms with Crippen LogP contribution in [0.1, 0.15) is 62.2 Å². The lowest BCUT2D eigenvalue weighted by atomic mass is 10.0. The minimum absolute atomic E-state index is 0.0677. The number of carbonyl (C=O) groups is 2. The number of piperidine rings is 1. The van der Waals surface area contributed by atoms with Crippen LogP contribution in [0.5, 0.6) is 0 Å². The number of rotatable bonds is 9. The lowest BCUT2D eigenvalue weighted by Gasteiger charge is -2.32. The Morgan fingerprint density at radius 2 is 1.80 bits per heavy atom. The van der Waals surface area contributed by atoms with E-state index in [2.05, 4.69) is 17.1 Å². The first-order chi connectivity index (χ1) is 12.1. The molecular formula is C20H29FN2O2. The highest BCUT2D eigenvalue weighted by molar-refractivity contribution is 5.95. The van der Waals surface area contributed by atoms with Crippen molar-refractivity contribution in [1.29, 1.82) is 0 Å². The first-order valence-electron chi connectivity index (χ1n) is 9.39. The van der Waals surface area contributed by atoms with Gasteiger partial charge in [-0.25, -0.2) is 4.39 Å². The van der Waals surface area contributed by atoms with Gasteiger partial charge in [0.1, 0.15) is 5.82 Å². The molecule has 25 heavy (non-hydrogen) atoms. The van der Waals surface area contributed by atoms with Crippen molar-refractivity contribution < 1.29 is 14.0 Å². The van der Waals surface area contributed by atoms with E-state index in [1.54, 1.807) is 12.1 Å². The number of hydrogen-bond acceptors (Lipinski definition) is 3. The summed E-state index contributed by atoms with van der Waals surface area (Å²) in [5, 5.41) is 3.12. The second-order valence-corrected chi connectivity index (χ2v) is 6.82. The molecular weight excluding hydrogens is 319 g/mol. The molecule has 1 heterocycles. The van der Waals surface area contributed by atoms with Crippen molar-refractivity contribution in [3.63, 3.8) is 0 Å². The number of unbranched alkanes of at least 4 members (excludes halogenated alkanes) is 1. The number of amides is 1. The Kier molecular flexibility index (Phi) is 8.06. The predicted octanol–water partition coefficient (Wildman–Crippen LogP) is 3.56. The average molecular weight is 348 g/mol. The van der Waals surface area contributed by atoms with E-state index >= 15 is 0 Å². The largest absolute Gasteiger partial charge is 0.353 e. The first kappa shape index (κ1) is 19.6. The van der Waals surface area contributed by atoms with E-state index in [0.717, 1.165) is 51.7 Å². The number of carbonyl (C=O) groups excluding carboxylic acids is 2. The molecule has 0 saturated carbocycles. The van der Waals surface area contributed by atoms with Crippen molar-refractivity contribution in [1.82, 2.24) is 10.2 Å². The molecule has 0 radical (unpaired) electrons. The fraction of sp³-hybridized carbons (Fsp3) is 0.600. The summed E-state index contributed by atoms with van der Waals surface area (Å²) in [4.78, 5) is 26.2. The van der Waals surface area contributed by atoms with Crippen molar-refractivity contribution in [2.75, 3.05) is 19.6 Å². The molecule has 0 aliphatic carbocycles. The minimum Gasteiger partial charge on any atom is -0.353 e. The molecule has 0 atom stereocenters. The Morgan fingerprint density at radius 3 is 2.44 bits per heavy atom. The van der Waals surface area contributed by atoms with Crippen LogP contribution < -0.4 is 5.32 Å². The number of Topliss-reactive ketones (excluding diaryl/α,β-unsaturated/α-hetero) is 1. The summed E-state index contributed by atoms with van der Waals surface area (Å²) in [5.74, 6) is -0.0792. The Hall–Kier alpha value is -1.75. The van der Waals surface area contributed by atoms with Crippen LogP contribution in [0.2, 0.25) is 0 Å². The molecule has 1 saturated heterocycles. The third-order valence-corrected chi connectivity index (χ3v) is 4.75. The molecule has 138 valence electrons. The maximum atomic E-state index is 12.9. The van der Waals surface area contributed by atoms with Crippen molar-refractivity contribution in [3.05, 3.63) is 35.6 Å². The number of nitrogens with one attached hydrogen (secondary N) is 1. The second kappa shape index (κ2) is 10.3. The molecule has 1 N–H and O–H groups in total. The molecule has 1 aromatic carbocycles. The highest BCUT2D eigenvalue weighted by Gasteiger charge is 2.20. The fourth-order valence-corrected chi connectivity index (χ4v) is 3.18. The van der Waals surface area contributed by atoms with Crippen molar-refractivity contribution in [3.8, 4) is 0 Å². The normalized spacial score (nSPS) is 15.9. The Labute approximate surface area is 149 Å². The van der Waals surface area contributed by atoms with Crippen LogP contribution in [-0.2, 0) is 4.79 Å². The summed E-state index contributed by atoms with van der Waals surface area (Å²) in [5.41, 5.74) is 0.579. The maximum Gasteiger partial charge on any atom is 0.220 e. The van der Waals surface area contributed by atoms with Gasteiger partial charge in [0.25, 0.3) is 0 Å². The number of nitrogens with zero attached hydrogens (tertiary/aromatic N) is 1.